The van der Waals surface area contributed by atoms with E-state index in [1.807, 2.05) is 32.0 Å². The Morgan fingerprint density at radius 3 is 2.66 bits per heavy atom. The number of nitrogens with one attached hydrogen (secondary N) is 1. The molecule has 0 aliphatic rings. The van der Waals surface area contributed by atoms with Gasteiger partial charge in [0.1, 0.15) is 0 Å². The first-order valence-electron chi connectivity index (χ1n) is 10.3. The Morgan fingerprint density at radius 2 is 1.94 bits per heavy atom. The van der Waals surface area contributed by atoms with Gasteiger partial charge in [-0.25, -0.2) is 14.8 Å². The van der Waals surface area contributed by atoms with Gasteiger partial charge in [0, 0.05) is 11.4 Å². The Bertz CT molecular complexity index is 1090. The van der Waals surface area contributed by atoms with Gasteiger partial charge < -0.3 is 10.1 Å². The van der Waals surface area contributed by atoms with E-state index in [0.717, 1.165) is 18.4 Å². The third kappa shape index (κ3) is 6.80. The van der Waals surface area contributed by atoms with Crippen molar-refractivity contribution in [3.8, 4) is 0 Å². The molecule has 0 aliphatic carbocycles. The van der Waals surface area contributed by atoms with Crippen LogP contribution in [0.5, 0.6) is 0 Å². The minimum absolute atomic E-state index is 0.0939. The van der Waals surface area contributed by atoms with E-state index in [2.05, 4.69) is 21.4 Å². The molecular weight excluding hydrogens is 446 g/mol. The van der Waals surface area contributed by atoms with Crippen LogP contribution in [0.3, 0.4) is 0 Å². The van der Waals surface area contributed by atoms with Crippen molar-refractivity contribution in [2.24, 2.45) is 0 Å². The Hall–Kier alpha value is -2.90. The maximum atomic E-state index is 12.7. The zero-order valence-corrected chi connectivity index (χ0v) is 19.5. The Labute approximate surface area is 196 Å². The molecule has 1 aromatic heterocycles. The van der Waals surface area contributed by atoms with Crippen LogP contribution in [0.4, 0.5) is 5.69 Å². The maximum absolute atomic E-state index is 12.7. The molecule has 0 fully saturated rings. The Balaban J connectivity index is 1.63. The molecule has 0 unspecified atom stereocenters. The van der Waals surface area contributed by atoms with E-state index in [-0.39, 0.29) is 16.7 Å². The number of ether oxygens (including phenoxy) is 1. The van der Waals surface area contributed by atoms with Crippen molar-refractivity contribution in [2.75, 3.05) is 11.9 Å². The van der Waals surface area contributed by atoms with Gasteiger partial charge in [-0.3, -0.25) is 4.79 Å². The van der Waals surface area contributed by atoms with E-state index in [9.17, 15) is 9.59 Å². The fraction of sp³-hybridized carbons (Fsp3) is 0.250. The van der Waals surface area contributed by atoms with Crippen molar-refractivity contribution < 1.29 is 14.3 Å². The highest BCUT2D eigenvalue weighted by Gasteiger charge is 2.15. The normalized spacial score (nSPS) is 10.6. The number of esters is 1. The topological polar surface area (TPSA) is 81.2 Å². The van der Waals surface area contributed by atoms with Gasteiger partial charge in [-0.05, 0) is 43.2 Å². The number of carbonyl (C=O) groups is 2. The smallest absolute Gasteiger partial charge is 0.338 e. The van der Waals surface area contributed by atoms with E-state index < -0.39 is 5.91 Å². The number of rotatable bonds is 9. The molecule has 0 saturated heterocycles. The van der Waals surface area contributed by atoms with Crippen LogP contribution in [-0.2, 0) is 10.5 Å². The van der Waals surface area contributed by atoms with Gasteiger partial charge in [-0.2, -0.15) is 0 Å². The summed E-state index contributed by atoms with van der Waals surface area (Å²) >= 11 is 7.60. The fourth-order valence-electron chi connectivity index (χ4n) is 2.80. The summed E-state index contributed by atoms with van der Waals surface area (Å²) in [4.78, 5) is 33.2. The van der Waals surface area contributed by atoms with Gasteiger partial charge in [0.05, 0.1) is 23.4 Å². The number of hydrogen-bond donors (Lipinski definition) is 1. The second-order valence-electron chi connectivity index (χ2n) is 7.15. The van der Waals surface area contributed by atoms with Gasteiger partial charge in [0.25, 0.3) is 5.91 Å². The number of thioether (sulfide) groups is 1. The van der Waals surface area contributed by atoms with Crippen LogP contribution in [0.2, 0.25) is 5.02 Å². The minimum Gasteiger partial charge on any atom is -0.462 e. The average molecular weight is 470 g/mol. The molecule has 0 saturated carbocycles. The monoisotopic (exact) mass is 469 g/mol. The summed E-state index contributed by atoms with van der Waals surface area (Å²) in [6, 6.07) is 14.7. The van der Waals surface area contributed by atoms with Crippen molar-refractivity contribution in [1.82, 2.24) is 9.97 Å². The van der Waals surface area contributed by atoms with Crippen molar-refractivity contribution in [1.29, 1.82) is 0 Å². The molecule has 1 N–H and O–H groups in total. The van der Waals surface area contributed by atoms with Crippen LogP contribution in [0.1, 0.15) is 51.7 Å². The van der Waals surface area contributed by atoms with Crippen molar-refractivity contribution in [2.45, 2.75) is 37.6 Å². The number of anilines is 1. The lowest BCUT2D eigenvalue weighted by Gasteiger charge is -2.09. The molecule has 8 heteroatoms. The third-order valence-corrected chi connectivity index (χ3v) is 5.71. The lowest BCUT2D eigenvalue weighted by atomic mass is 10.2. The van der Waals surface area contributed by atoms with Crippen LogP contribution >= 0.6 is 23.4 Å². The van der Waals surface area contributed by atoms with Crippen molar-refractivity contribution >= 4 is 40.9 Å². The van der Waals surface area contributed by atoms with Crippen molar-refractivity contribution in [3.05, 3.63) is 82.1 Å². The minimum atomic E-state index is -0.451. The van der Waals surface area contributed by atoms with E-state index in [0.29, 0.717) is 28.8 Å². The van der Waals surface area contributed by atoms with Gasteiger partial charge in [0.15, 0.2) is 10.9 Å². The standard InChI is InChI=1S/C24H24ClN3O3S/c1-3-4-12-31-23(30)18-8-10-19(11-9-18)27-22(29)21-20(25)14-26-24(28-21)32-15-17-7-5-6-16(2)13-17/h5-11,13-14H,3-4,12,15H2,1-2H3,(H,27,29). The van der Waals surface area contributed by atoms with Crippen LogP contribution in [0, 0.1) is 6.92 Å². The molecule has 6 nitrogen and oxygen atoms in total. The largest absolute Gasteiger partial charge is 0.462 e. The summed E-state index contributed by atoms with van der Waals surface area (Å²) in [7, 11) is 0. The molecule has 3 aromatic rings. The SMILES string of the molecule is CCCCOC(=O)c1ccc(NC(=O)c2nc(SCc3cccc(C)c3)ncc2Cl)cc1. The van der Waals surface area contributed by atoms with Gasteiger partial charge in [0.2, 0.25) is 0 Å². The number of unbranched alkanes of at least 4 members (excludes halogenated alkanes) is 1. The molecule has 0 atom stereocenters. The van der Waals surface area contributed by atoms with Crippen molar-refractivity contribution in [3.63, 3.8) is 0 Å². The molecule has 0 spiro atoms. The number of aromatic nitrogens is 2. The summed E-state index contributed by atoms with van der Waals surface area (Å²) in [5.74, 6) is -0.154. The molecule has 0 bridgehead atoms. The van der Waals surface area contributed by atoms with Crippen LogP contribution in [-0.4, -0.2) is 28.5 Å². The number of hydrogen-bond acceptors (Lipinski definition) is 6. The van der Waals surface area contributed by atoms with E-state index in [1.54, 1.807) is 24.3 Å². The molecule has 1 heterocycles. The van der Waals surface area contributed by atoms with Crippen LogP contribution in [0.15, 0.2) is 59.9 Å². The predicted molar refractivity (Wildman–Crippen MR) is 127 cm³/mol. The summed E-state index contributed by atoms with van der Waals surface area (Å²) in [5, 5.41) is 3.38. The predicted octanol–water partition coefficient (Wildman–Crippen LogP) is 5.94. The number of halogens is 1. The van der Waals surface area contributed by atoms with Gasteiger partial charge >= 0.3 is 5.97 Å². The Morgan fingerprint density at radius 1 is 1.16 bits per heavy atom. The number of benzene rings is 2. The highest BCUT2D eigenvalue weighted by molar-refractivity contribution is 7.98. The fourth-order valence-corrected chi connectivity index (χ4v) is 3.74. The molecule has 166 valence electrons. The van der Waals surface area contributed by atoms with Crippen LogP contribution < -0.4 is 5.32 Å². The first-order valence-corrected chi connectivity index (χ1v) is 11.6. The Kier molecular flexibility index (Phi) is 8.64. The average Bonchev–Trinajstić information content (AvgIpc) is 2.79. The summed E-state index contributed by atoms with van der Waals surface area (Å²) in [6.07, 6.45) is 3.21. The highest BCUT2D eigenvalue weighted by atomic mass is 35.5. The first kappa shape index (κ1) is 23.8. The van der Waals surface area contributed by atoms with Crippen LogP contribution in [0.25, 0.3) is 0 Å². The molecular formula is C24H24ClN3O3S. The highest BCUT2D eigenvalue weighted by Crippen LogP contribution is 2.23. The quantitative estimate of drug-likeness (QED) is 0.181. The molecule has 2 aromatic carbocycles. The van der Waals surface area contributed by atoms with E-state index in [4.69, 9.17) is 16.3 Å². The number of nitrogens with zero attached hydrogens (tertiary/aromatic N) is 2. The lowest BCUT2D eigenvalue weighted by Crippen LogP contribution is -2.15. The second kappa shape index (κ2) is 11.6. The van der Waals surface area contributed by atoms with E-state index in [1.165, 1.54) is 23.5 Å². The van der Waals surface area contributed by atoms with Gasteiger partial charge in [-0.15, -0.1) is 0 Å². The zero-order valence-electron chi connectivity index (χ0n) is 17.9. The van der Waals surface area contributed by atoms with E-state index >= 15 is 0 Å². The molecule has 32 heavy (non-hydrogen) atoms. The molecule has 0 radical (unpaired) electrons. The molecule has 0 aliphatic heterocycles. The first-order chi connectivity index (χ1) is 15.5. The van der Waals surface area contributed by atoms with Gasteiger partial charge in [-0.1, -0.05) is 66.5 Å². The molecule has 3 rings (SSSR count). The number of aryl methyl sites for hydroxylation is 1. The second-order valence-corrected chi connectivity index (χ2v) is 8.50. The summed E-state index contributed by atoms with van der Waals surface area (Å²) in [5.41, 5.74) is 3.36. The lowest BCUT2D eigenvalue weighted by molar-refractivity contribution is 0.0499. The number of carbonyl (C=O) groups excluding carboxylic acids is 2. The maximum Gasteiger partial charge on any atom is 0.338 e. The summed E-state index contributed by atoms with van der Waals surface area (Å²) < 4.78 is 5.19. The number of amides is 1. The molecule has 1 amide bonds. The third-order valence-electron chi connectivity index (χ3n) is 4.50. The summed E-state index contributed by atoms with van der Waals surface area (Å²) in [6.45, 7) is 4.46. The zero-order chi connectivity index (χ0) is 22.9.